The SMILES string of the molecule is CC[C@@H]1SC2=NC(C)=C(C(=O)OC)[C@@H](c3ccccc3Br)N2C1=O. The summed E-state index contributed by atoms with van der Waals surface area (Å²) < 4.78 is 5.80. The fourth-order valence-corrected chi connectivity index (χ4v) is 4.59. The van der Waals surface area contributed by atoms with Crippen LogP contribution in [0.3, 0.4) is 0 Å². The van der Waals surface area contributed by atoms with Gasteiger partial charge in [-0.2, -0.15) is 0 Å². The van der Waals surface area contributed by atoms with Crippen molar-refractivity contribution < 1.29 is 14.3 Å². The van der Waals surface area contributed by atoms with Crippen molar-refractivity contribution in [3.05, 3.63) is 45.6 Å². The number of ether oxygens (including phenoxy) is 1. The molecule has 0 bridgehead atoms. The minimum absolute atomic E-state index is 0.0177. The topological polar surface area (TPSA) is 59.0 Å². The molecule has 0 spiro atoms. The van der Waals surface area contributed by atoms with Gasteiger partial charge in [0.05, 0.1) is 29.7 Å². The van der Waals surface area contributed by atoms with Gasteiger partial charge in [-0.15, -0.1) is 0 Å². The van der Waals surface area contributed by atoms with Crippen LogP contribution in [0.15, 0.2) is 45.0 Å². The first kappa shape index (κ1) is 17.2. The van der Waals surface area contributed by atoms with Crippen molar-refractivity contribution >= 4 is 44.7 Å². The van der Waals surface area contributed by atoms with Crippen LogP contribution in [0.1, 0.15) is 31.9 Å². The minimum atomic E-state index is -0.530. The Bertz CT molecular complexity index is 775. The molecular formula is C17H17BrN2O3S. The Balaban J connectivity index is 2.20. The number of amidine groups is 1. The van der Waals surface area contributed by atoms with Crippen molar-refractivity contribution in [3.63, 3.8) is 0 Å². The molecule has 1 aromatic rings. The van der Waals surface area contributed by atoms with Crippen LogP contribution in [0.25, 0.3) is 0 Å². The van der Waals surface area contributed by atoms with E-state index in [-0.39, 0.29) is 11.2 Å². The van der Waals surface area contributed by atoms with Gasteiger partial charge in [0.25, 0.3) is 0 Å². The van der Waals surface area contributed by atoms with Gasteiger partial charge >= 0.3 is 5.97 Å². The van der Waals surface area contributed by atoms with Gasteiger partial charge in [-0.05, 0) is 25.0 Å². The van der Waals surface area contributed by atoms with Gasteiger partial charge in [0.15, 0.2) is 5.17 Å². The van der Waals surface area contributed by atoms with Gasteiger partial charge in [-0.3, -0.25) is 9.69 Å². The molecule has 0 unspecified atom stereocenters. The van der Waals surface area contributed by atoms with E-state index in [0.717, 1.165) is 10.0 Å². The smallest absolute Gasteiger partial charge is 0.338 e. The Morgan fingerprint density at radius 3 is 2.75 bits per heavy atom. The molecule has 126 valence electrons. The van der Waals surface area contributed by atoms with E-state index in [4.69, 9.17) is 4.74 Å². The summed E-state index contributed by atoms with van der Waals surface area (Å²) in [4.78, 5) is 31.4. The number of nitrogens with zero attached hydrogens (tertiary/aromatic N) is 2. The fraction of sp³-hybridized carbons (Fsp3) is 0.353. The van der Waals surface area contributed by atoms with E-state index in [2.05, 4.69) is 20.9 Å². The molecule has 3 rings (SSSR count). The van der Waals surface area contributed by atoms with Crippen molar-refractivity contribution in [2.45, 2.75) is 31.6 Å². The zero-order chi connectivity index (χ0) is 17.4. The third-order valence-electron chi connectivity index (χ3n) is 4.13. The summed E-state index contributed by atoms with van der Waals surface area (Å²) in [5, 5.41) is 0.483. The van der Waals surface area contributed by atoms with E-state index in [1.54, 1.807) is 11.8 Å². The van der Waals surface area contributed by atoms with Crippen LogP contribution in [0.2, 0.25) is 0 Å². The lowest BCUT2D eigenvalue weighted by Gasteiger charge is -2.33. The number of halogens is 1. The van der Waals surface area contributed by atoms with E-state index >= 15 is 0 Å². The van der Waals surface area contributed by atoms with Gasteiger partial charge in [0.2, 0.25) is 5.91 Å². The molecule has 1 saturated heterocycles. The first-order valence-corrected chi connectivity index (χ1v) is 9.28. The van der Waals surface area contributed by atoms with Gasteiger partial charge in [0, 0.05) is 4.47 Å². The van der Waals surface area contributed by atoms with Crippen LogP contribution in [-0.4, -0.2) is 34.3 Å². The quantitative estimate of drug-likeness (QED) is 0.715. The first-order valence-electron chi connectivity index (χ1n) is 7.61. The van der Waals surface area contributed by atoms with Gasteiger partial charge in [-0.25, -0.2) is 9.79 Å². The lowest BCUT2D eigenvalue weighted by molar-refractivity contribution is -0.137. The molecule has 2 aliphatic rings. The Kier molecular flexibility index (Phi) is 4.83. The molecule has 2 heterocycles. The summed E-state index contributed by atoms with van der Waals surface area (Å²) >= 11 is 5.00. The third-order valence-corrected chi connectivity index (χ3v) is 6.17. The minimum Gasteiger partial charge on any atom is -0.466 e. The molecule has 0 radical (unpaired) electrons. The number of aliphatic imine (C=N–C) groups is 1. The van der Waals surface area contributed by atoms with E-state index in [1.165, 1.54) is 18.9 Å². The average molecular weight is 409 g/mol. The summed E-state index contributed by atoms with van der Waals surface area (Å²) in [5.74, 6) is -0.482. The average Bonchev–Trinajstić information content (AvgIpc) is 2.89. The Morgan fingerprint density at radius 2 is 2.12 bits per heavy atom. The molecule has 1 fully saturated rings. The highest BCUT2D eigenvalue weighted by molar-refractivity contribution is 9.10. The van der Waals surface area contributed by atoms with Gasteiger partial charge in [0.1, 0.15) is 0 Å². The Hall–Kier alpha value is -1.60. The van der Waals surface area contributed by atoms with Gasteiger partial charge < -0.3 is 4.74 Å². The van der Waals surface area contributed by atoms with Crippen LogP contribution in [0.5, 0.6) is 0 Å². The lowest BCUT2D eigenvalue weighted by atomic mass is 9.94. The predicted molar refractivity (Wildman–Crippen MR) is 97.6 cm³/mol. The Labute approximate surface area is 153 Å². The number of benzene rings is 1. The summed E-state index contributed by atoms with van der Waals surface area (Å²) in [6.07, 6.45) is 0.717. The number of thioether (sulfide) groups is 1. The molecule has 5 nitrogen and oxygen atoms in total. The number of carbonyl (C=O) groups excluding carboxylic acids is 2. The summed E-state index contributed by atoms with van der Waals surface area (Å²) in [7, 11) is 1.34. The fourth-order valence-electron chi connectivity index (χ4n) is 2.95. The van der Waals surface area contributed by atoms with Crippen molar-refractivity contribution in [2.75, 3.05) is 7.11 Å². The number of methoxy groups -OCH3 is 1. The zero-order valence-electron chi connectivity index (χ0n) is 13.6. The second-order valence-electron chi connectivity index (χ2n) is 5.53. The maximum Gasteiger partial charge on any atom is 0.338 e. The number of allylic oxidation sites excluding steroid dienone is 1. The molecule has 2 aliphatic heterocycles. The number of carbonyl (C=O) groups is 2. The number of fused-ring (bicyclic) bond motifs is 1. The summed E-state index contributed by atoms with van der Waals surface area (Å²) in [5.41, 5.74) is 1.83. The standard InChI is InChI=1S/C17H17BrN2O3S/c1-4-12-15(21)20-14(10-7-5-6-8-11(10)18)13(16(22)23-3)9(2)19-17(20)24-12/h5-8,12,14H,4H2,1-3H3/t12-,14+/m0/s1. The van der Waals surface area contributed by atoms with Crippen molar-refractivity contribution in [3.8, 4) is 0 Å². The normalized spacial score (nSPS) is 23.2. The molecule has 1 aromatic carbocycles. The highest BCUT2D eigenvalue weighted by Crippen LogP contribution is 2.45. The van der Waals surface area contributed by atoms with E-state index in [0.29, 0.717) is 22.9 Å². The molecule has 24 heavy (non-hydrogen) atoms. The summed E-state index contributed by atoms with van der Waals surface area (Å²) in [6.45, 7) is 3.76. The predicted octanol–water partition coefficient (Wildman–Crippen LogP) is 3.66. The monoisotopic (exact) mass is 408 g/mol. The molecule has 0 saturated carbocycles. The zero-order valence-corrected chi connectivity index (χ0v) is 16.0. The summed E-state index contributed by atoms with van der Waals surface area (Å²) in [6, 6.07) is 7.06. The molecule has 7 heteroatoms. The number of hydrogen-bond donors (Lipinski definition) is 0. The van der Waals surface area contributed by atoms with Gasteiger partial charge in [-0.1, -0.05) is 52.8 Å². The molecular weight excluding hydrogens is 392 g/mol. The third kappa shape index (κ3) is 2.69. The number of esters is 1. The molecule has 1 amide bonds. The largest absolute Gasteiger partial charge is 0.466 e. The highest BCUT2D eigenvalue weighted by atomic mass is 79.9. The van der Waals surface area contributed by atoms with Crippen molar-refractivity contribution in [1.29, 1.82) is 0 Å². The van der Waals surface area contributed by atoms with Crippen molar-refractivity contribution in [1.82, 2.24) is 4.90 Å². The number of rotatable bonds is 3. The highest BCUT2D eigenvalue weighted by Gasteiger charge is 2.47. The molecule has 0 N–H and O–H groups in total. The Morgan fingerprint density at radius 1 is 1.42 bits per heavy atom. The first-order chi connectivity index (χ1) is 11.5. The maximum atomic E-state index is 12.9. The lowest BCUT2D eigenvalue weighted by Crippen LogP contribution is -2.40. The van der Waals surface area contributed by atoms with Crippen molar-refractivity contribution in [2.24, 2.45) is 4.99 Å². The van der Waals surface area contributed by atoms with E-state index < -0.39 is 12.0 Å². The van der Waals surface area contributed by atoms with Crippen LogP contribution in [0, 0.1) is 0 Å². The molecule has 0 aliphatic carbocycles. The maximum absolute atomic E-state index is 12.9. The number of hydrogen-bond acceptors (Lipinski definition) is 5. The second-order valence-corrected chi connectivity index (χ2v) is 7.56. The number of amides is 1. The van der Waals surface area contributed by atoms with Crippen LogP contribution < -0.4 is 0 Å². The molecule has 0 aromatic heterocycles. The van der Waals surface area contributed by atoms with E-state index in [9.17, 15) is 9.59 Å². The van der Waals surface area contributed by atoms with Crippen LogP contribution in [-0.2, 0) is 14.3 Å². The molecule has 2 atom stereocenters. The van der Waals surface area contributed by atoms with Crippen LogP contribution in [0.4, 0.5) is 0 Å². The second kappa shape index (κ2) is 6.72. The van der Waals surface area contributed by atoms with Crippen LogP contribution >= 0.6 is 27.7 Å². The van der Waals surface area contributed by atoms with E-state index in [1.807, 2.05) is 31.2 Å².